The molecule has 1 atom stereocenters. The van der Waals surface area contributed by atoms with Crippen molar-refractivity contribution in [3.05, 3.63) is 74.1 Å². The van der Waals surface area contributed by atoms with Crippen molar-refractivity contribution >= 4 is 34.4 Å². The van der Waals surface area contributed by atoms with Crippen molar-refractivity contribution in [1.29, 1.82) is 0 Å². The SMILES string of the molecule is Cc1ccc2oc(C(=O)NNC(=O)[C@H](C)Oc3c(C)cc(Cl)cc3C)cc(=O)c2c1. The number of hydrogen-bond donors (Lipinski definition) is 2. The van der Waals surface area contributed by atoms with E-state index in [4.69, 9.17) is 20.8 Å². The minimum atomic E-state index is -0.893. The van der Waals surface area contributed by atoms with Crippen LogP contribution in [0.2, 0.25) is 5.02 Å². The molecular formula is C22H21ClN2O5. The first-order valence-electron chi connectivity index (χ1n) is 9.24. The number of halogens is 1. The first kappa shape index (κ1) is 21.4. The monoisotopic (exact) mass is 428 g/mol. The van der Waals surface area contributed by atoms with Gasteiger partial charge in [0.2, 0.25) is 0 Å². The van der Waals surface area contributed by atoms with Gasteiger partial charge < -0.3 is 9.15 Å². The summed E-state index contributed by atoms with van der Waals surface area (Å²) in [5.41, 5.74) is 6.93. The molecule has 0 fully saturated rings. The summed E-state index contributed by atoms with van der Waals surface area (Å²) in [5.74, 6) is -0.997. The van der Waals surface area contributed by atoms with Crippen LogP contribution < -0.4 is 21.0 Å². The Morgan fingerprint density at radius 2 is 1.70 bits per heavy atom. The Morgan fingerprint density at radius 1 is 1.03 bits per heavy atom. The molecular weight excluding hydrogens is 408 g/mol. The van der Waals surface area contributed by atoms with Gasteiger partial charge in [0, 0.05) is 11.1 Å². The maximum atomic E-state index is 12.3. The summed E-state index contributed by atoms with van der Waals surface area (Å²) in [6.07, 6.45) is -0.893. The summed E-state index contributed by atoms with van der Waals surface area (Å²) in [6, 6.07) is 9.63. The zero-order valence-electron chi connectivity index (χ0n) is 17.0. The molecule has 2 aromatic carbocycles. The van der Waals surface area contributed by atoms with E-state index in [1.165, 1.54) is 0 Å². The van der Waals surface area contributed by atoms with Crippen molar-refractivity contribution in [3.8, 4) is 5.75 Å². The number of fused-ring (bicyclic) bond motifs is 1. The maximum Gasteiger partial charge on any atom is 0.305 e. The zero-order valence-corrected chi connectivity index (χ0v) is 17.7. The van der Waals surface area contributed by atoms with Gasteiger partial charge in [0.1, 0.15) is 11.3 Å². The van der Waals surface area contributed by atoms with E-state index in [0.717, 1.165) is 22.8 Å². The summed E-state index contributed by atoms with van der Waals surface area (Å²) in [5, 5.41) is 0.958. The second kappa shape index (κ2) is 8.59. The Morgan fingerprint density at radius 3 is 2.37 bits per heavy atom. The molecule has 0 aliphatic carbocycles. The van der Waals surface area contributed by atoms with Crippen LogP contribution in [-0.2, 0) is 4.79 Å². The lowest BCUT2D eigenvalue weighted by Gasteiger charge is -2.18. The van der Waals surface area contributed by atoms with Crippen LogP contribution in [0.5, 0.6) is 5.75 Å². The summed E-state index contributed by atoms with van der Waals surface area (Å²) in [4.78, 5) is 36.9. The van der Waals surface area contributed by atoms with Gasteiger partial charge in [0.15, 0.2) is 17.3 Å². The molecule has 0 bridgehead atoms. The second-order valence-electron chi connectivity index (χ2n) is 7.05. The van der Waals surface area contributed by atoms with E-state index in [-0.39, 0.29) is 16.8 Å². The summed E-state index contributed by atoms with van der Waals surface area (Å²) in [7, 11) is 0. The third kappa shape index (κ3) is 4.63. The standard InChI is InChI=1S/C22H21ClN2O5/c1-11-5-6-18-16(7-11)17(26)10-19(30-18)22(28)25-24-21(27)14(4)29-20-12(2)8-15(23)9-13(20)3/h5-10,14H,1-4H3,(H,24,27)(H,25,28)/t14-/m0/s1. The minimum Gasteiger partial charge on any atom is -0.480 e. The molecule has 156 valence electrons. The van der Waals surface area contributed by atoms with Crippen molar-refractivity contribution < 1.29 is 18.7 Å². The molecule has 0 saturated carbocycles. The van der Waals surface area contributed by atoms with Crippen molar-refractivity contribution in [3.63, 3.8) is 0 Å². The molecule has 3 aromatic rings. The van der Waals surface area contributed by atoms with Crippen LogP contribution in [0.4, 0.5) is 0 Å². The van der Waals surface area contributed by atoms with Crippen LogP contribution in [0.15, 0.2) is 45.6 Å². The van der Waals surface area contributed by atoms with Gasteiger partial charge in [-0.15, -0.1) is 0 Å². The molecule has 0 aliphatic heterocycles. The van der Waals surface area contributed by atoms with Gasteiger partial charge in [-0.25, -0.2) is 0 Å². The van der Waals surface area contributed by atoms with Crippen LogP contribution in [0.25, 0.3) is 11.0 Å². The second-order valence-corrected chi connectivity index (χ2v) is 7.48. The van der Waals surface area contributed by atoms with Gasteiger partial charge in [-0.1, -0.05) is 23.2 Å². The fourth-order valence-corrected chi connectivity index (χ4v) is 3.30. The largest absolute Gasteiger partial charge is 0.480 e. The number of benzene rings is 2. The molecule has 8 heteroatoms. The van der Waals surface area contributed by atoms with Gasteiger partial charge in [-0.3, -0.25) is 25.2 Å². The molecule has 1 heterocycles. The highest BCUT2D eigenvalue weighted by Crippen LogP contribution is 2.27. The number of carbonyl (C=O) groups is 2. The quantitative estimate of drug-likeness (QED) is 0.619. The van der Waals surface area contributed by atoms with Crippen molar-refractivity contribution in [2.75, 3.05) is 0 Å². The number of ether oxygens (including phenoxy) is 1. The highest BCUT2D eigenvalue weighted by molar-refractivity contribution is 6.30. The van der Waals surface area contributed by atoms with Crippen LogP contribution >= 0.6 is 11.6 Å². The maximum absolute atomic E-state index is 12.3. The third-order valence-corrected chi connectivity index (χ3v) is 4.71. The first-order chi connectivity index (χ1) is 14.2. The molecule has 3 rings (SSSR count). The summed E-state index contributed by atoms with van der Waals surface area (Å²) >= 11 is 6.01. The Labute approximate surface area is 178 Å². The average Bonchev–Trinajstić information content (AvgIpc) is 2.68. The zero-order chi connectivity index (χ0) is 22.0. The number of aryl methyl sites for hydroxylation is 3. The summed E-state index contributed by atoms with van der Waals surface area (Å²) < 4.78 is 11.2. The predicted molar refractivity (Wildman–Crippen MR) is 114 cm³/mol. The van der Waals surface area contributed by atoms with E-state index in [0.29, 0.717) is 16.2 Å². The number of carbonyl (C=O) groups excluding carboxylic acids is 2. The van der Waals surface area contributed by atoms with Gasteiger partial charge >= 0.3 is 5.91 Å². The van der Waals surface area contributed by atoms with Crippen LogP contribution in [-0.4, -0.2) is 17.9 Å². The molecule has 0 spiro atoms. The molecule has 0 aliphatic rings. The fourth-order valence-electron chi connectivity index (χ4n) is 2.98. The molecule has 30 heavy (non-hydrogen) atoms. The van der Waals surface area contributed by atoms with Crippen LogP contribution in [0.1, 0.15) is 34.2 Å². The lowest BCUT2D eigenvalue weighted by atomic mass is 10.1. The van der Waals surface area contributed by atoms with Crippen molar-refractivity contribution in [2.45, 2.75) is 33.8 Å². The summed E-state index contributed by atoms with van der Waals surface area (Å²) in [6.45, 7) is 7.05. The van der Waals surface area contributed by atoms with Gasteiger partial charge in [0.05, 0.1) is 5.39 Å². The van der Waals surface area contributed by atoms with Gasteiger partial charge in [0.25, 0.3) is 5.91 Å². The molecule has 1 aromatic heterocycles. The molecule has 0 unspecified atom stereocenters. The van der Waals surface area contributed by atoms with E-state index in [9.17, 15) is 14.4 Å². The fraction of sp³-hybridized carbons (Fsp3) is 0.227. The van der Waals surface area contributed by atoms with E-state index in [1.54, 1.807) is 37.3 Å². The Balaban J connectivity index is 1.67. The van der Waals surface area contributed by atoms with Crippen molar-refractivity contribution in [1.82, 2.24) is 10.9 Å². The molecule has 2 amide bonds. The normalized spacial score (nSPS) is 11.8. The smallest absolute Gasteiger partial charge is 0.305 e. The molecule has 0 saturated heterocycles. The van der Waals surface area contributed by atoms with E-state index >= 15 is 0 Å². The van der Waals surface area contributed by atoms with Crippen LogP contribution in [0.3, 0.4) is 0 Å². The predicted octanol–water partition coefficient (Wildman–Crippen LogP) is 3.60. The Bertz CT molecular complexity index is 1180. The third-order valence-electron chi connectivity index (χ3n) is 4.49. The lowest BCUT2D eigenvalue weighted by Crippen LogP contribution is -2.47. The molecule has 0 radical (unpaired) electrons. The highest BCUT2D eigenvalue weighted by atomic mass is 35.5. The van der Waals surface area contributed by atoms with E-state index in [2.05, 4.69) is 10.9 Å². The van der Waals surface area contributed by atoms with Gasteiger partial charge in [-0.2, -0.15) is 0 Å². The highest BCUT2D eigenvalue weighted by Gasteiger charge is 2.19. The average molecular weight is 429 g/mol. The Kier molecular flexibility index (Phi) is 6.12. The minimum absolute atomic E-state index is 0.213. The van der Waals surface area contributed by atoms with Crippen molar-refractivity contribution in [2.24, 2.45) is 0 Å². The number of rotatable bonds is 4. The molecule has 2 N–H and O–H groups in total. The Hall–Kier alpha value is -3.32. The van der Waals surface area contributed by atoms with E-state index < -0.39 is 17.9 Å². The van der Waals surface area contributed by atoms with E-state index in [1.807, 2.05) is 20.8 Å². The first-order valence-corrected chi connectivity index (χ1v) is 9.61. The number of amides is 2. The number of nitrogens with one attached hydrogen (secondary N) is 2. The van der Waals surface area contributed by atoms with Gasteiger partial charge in [-0.05, 0) is 63.1 Å². The molecule has 7 nitrogen and oxygen atoms in total. The number of hydrogen-bond acceptors (Lipinski definition) is 5. The number of hydrazine groups is 1. The lowest BCUT2D eigenvalue weighted by molar-refractivity contribution is -0.128. The van der Waals surface area contributed by atoms with Crippen LogP contribution in [0, 0.1) is 20.8 Å². The topological polar surface area (TPSA) is 97.6 Å².